The molecule has 2 aliphatic rings. The number of fused-ring (bicyclic) bond motifs is 1. The Morgan fingerprint density at radius 2 is 2.08 bits per heavy atom. The molecule has 1 aliphatic heterocycles. The first-order valence-electron chi connectivity index (χ1n) is 8.78. The highest BCUT2D eigenvalue weighted by Gasteiger charge is 2.25. The highest BCUT2D eigenvalue weighted by Crippen LogP contribution is 2.32. The largest absolute Gasteiger partial charge is 0.353 e. The van der Waals surface area contributed by atoms with E-state index in [1.165, 1.54) is 12.5 Å². The number of halogens is 1. The molecule has 0 unspecified atom stereocenters. The van der Waals surface area contributed by atoms with Gasteiger partial charge in [0.2, 0.25) is 5.91 Å². The quantitative estimate of drug-likeness (QED) is 0.917. The van der Waals surface area contributed by atoms with Gasteiger partial charge < -0.3 is 10.2 Å². The van der Waals surface area contributed by atoms with E-state index < -0.39 is 0 Å². The van der Waals surface area contributed by atoms with E-state index in [0.29, 0.717) is 18.4 Å². The number of anilines is 1. The van der Waals surface area contributed by atoms with Crippen molar-refractivity contribution < 1.29 is 9.18 Å². The number of hydrogen-bond donors (Lipinski definition) is 1. The zero-order valence-corrected chi connectivity index (χ0v) is 14.4. The topological polar surface area (TPSA) is 45.2 Å². The van der Waals surface area contributed by atoms with Gasteiger partial charge in [0.1, 0.15) is 5.82 Å². The SMILES string of the molecule is O=C(CC1CCN(c2nc3ccc(F)cc3s2)CC1)NC1CCC1. The Labute approximate surface area is 145 Å². The van der Waals surface area contributed by atoms with Crippen molar-refractivity contribution in [2.24, 2.45) is 5.92 Å². The van der Waals surface area contributed by atoms with Crippen LogP contribution in [0.3, 0.4) is 0 Å². The molecule has 1 amide bonds. The number of hydrogen-bond acceptors (Lipinski definition) is 4. The standard InChI is InChI=1S/C18H22FN3OS/c19-13-4-5-15-16(11-13)24-18(21-15)22-8-6-12(7-9-22)10-17(23)20-14-2-1-3-14/h4-5,11-12,14H,1-3,6-10H2,(H,20,23). The molecule has 0 spiro atoms. The molecule has 2 fully saturated rings. The Morgan fingerprint density at radius 3 is 2.79 bits per heavy atom. The van der Waals surface area contributed by atoms with Gasteiger partial charge in [-0.15, -0.1) is 0 Å². The lowest BCUT2D eigenvalue weighted by atomic mass is 9.91. The maximum absolute atomic E-state index is 13.3. The van der Waals surface area contributed by atoms with E-state index >= 15 is 0 Å². The van der Waals surface area contributed by atoms with Crippen LogP contribution in [0.2, 0.25) is 0 Å². The van der Waals surface area contributed by atoms with Crippen LogP contribution in [0.15, 0.2) is 18.2 Å². The van der Waals surface area contributed by atoms with E-state index in [2.05, 4.69) is 15.2 Å². The average Bonchev–Trinajstić information content (AvgIpc) is 2.95. The lowest BCUT2D eigenvalue weighted by molar-refractivity contribution is -0.123. The second kappa shape index (κ2) is 6.67. The number of benzene rings is 1. The van der Waals surface area contributed by atoms with Gasteiger partial charge in [-0.1, -0.05) is 11.3 Å². The fraction of sp³-hybridized carbons (Fsp3) is 0.556. The number of thiazole rings is 1. The molecule has 0 atom stereocenters. The molecule has 0 bridgehead atoms. The van der Waals surface area contributed by atoms with Crippen LogP contribution in [0.4, 0.5) is 9.52 Å². The van der Waals surface area contributed by atoms with E-state index in [-0.39, 0.29) is 11.7 Å². The summed E-state index contributed by atoms with van der Waals surface area (Å²) >= 11 is 1.55. The Morgan fingerprint density at radius 1 is 1.29 bits per heavy atom. The molecule has 1 saturated carbocycles. The van der Waals surface area contributed by atoms with E-state index in [4.69, 9.17) is 0 Å². The molecule has 0 radical (unpaired) electrons. The molecule has 1 N–H and O–H groups in total. The van der Waals surface area contributed by atoms with Gasteiger partial charge in [-0.2, -0.15) is 0 Å². The lowest BCUT2D eigenvalue weighted by Gasteiger charge is -2.32. The minimum absolute atomic E-state index is 0.214. The molecule has 128 valence electrons. The first-order chi connectivity index (χ1) is 11.7. The first kappa shape index (κ1) is 15.8. The third-order valence-corrected chi connectivity index (χ3v) is 6.25. The van der Waals surface area contributed by atoms with Crippen molar-refractivity contribution in [3.05, 3.63) is 24.0 Å². The number of nitrogens with zero attached hydrogens (tertiary/aromatic N) is 2. The molecule has 1 aliphatic carbocycles. The third kappa shape index (κ3) is 3.38. The van der Waals surface area contributed by atoms with Gasteiger partial charge in [0.05, 0.1) is 10.2 Å². The number of carbonyl (C=O) groups is 1. The third-order valence-electron chi connectivity index (χ3n) is 5.17. The van der Waals surface area contributed by atoms with Crippen LogP contribution >= 0.6 is 11.3 Å². The minimum atomic E-state index is -0.214. The van der Waals surface area contributed by atoms with Gasteiger partial charge in [-0.25, -0.2) is 9.37 Å². The van der Waals surface area contributed by atoms with Crippen molar-refractivity contribution in [2.75, 3.05) is 18.0 Å². The highest BCUT2D eigenvalue weighted by molar-refractivity contribution is 7.22. The van der Waals surface area contributed by atoms with Crippen LogP contribution in [0.25, 0.3) is 10.2 Å². The summed E-state index contributed by atoms with van der Waals surface area (Å²) in [5.74, 6) is 0.468. The summed E-state index contributed by atoms with van der Waals surface area (Å²) in [4.78, 5) is 18.9. The fourth-order valence-electron chi connectivity index (χ4n) is 3.45. The number of aromatic nitrogens is 1. The van der Waals surface area contributed by atoms with Crippen molar-refractivity contribution in [3.63, 3.8) is 0 Å². The normalized spacial score (nSPS) is 19.5. The van der Waals surface area contributed by atoms with Crippen molar-refractivity contribution >= 4 is 32.6 Å². The number of rotatable bonds is 4. The molecule has 4 nitrogen and oxygen atoms in total. The number of amides is 1. The van der Waals surface area contributed by atoms with E-state index in [1.54, 1.807) is 23.5 Å². The lowest BCUT2D eigenvalue weighted by Crippen LogP contribution is -2.41. The fourth-order valence-corrected chi connectivity index (χ4v) is 4.49. The van der Waals surface area contributed by atoms with E-state index in [1.807, 2.05) is 0 Å². The summed E-state index contributed by atoms with van der Waals surface area (Å²) in [5.41, 5.74) is 0.860. The molecule has 2 heterocycles. The van der Waals surface area contributed by atoms with E-state index in [0.717, 1.165) is 54.1 Å². The highest BCUT2D eigenvalue weighted by atomic mass is 32.1. The molecule has 6 heteroatoms. The molecular formula is C18H22FN3OS. The number of carbonyl (C=O) groups excluding carboxylic acids is 1. The Bertz CT molecular complexity index is 735. The smallest absolute Gasteiger partial charge is 0.220 e. The molecule has 1 aromatic heterocycles. The van der Waals surface area contributed by atoms with Crippen LogP contribution in [0.1, 0.15) is 38.5 Å². The second-order valence-corrected chi connectivity index (χ2v) is 7.95. The summed E-state index contributed by atoms with van der Waals surface area (Å²) in [5, 5.41) is 4.10. The second-order valence-electron chi connectivity index (χ2n) is 6.94. The van der Waals surface area contributed by atoms with Crippen LogP contribution < -0.4 is 10.2 Å². The monoisotopic (exact) mass is 347 g/mol. The predicted molar refractivity (Wildman–Crippen MR) is 94.9 cm³/mol. The summed E-state index contributed by atoms with van der Waals surface area (Å²) in [6.07, 6.45) is 6.21. The zero-order valence-electron chi connectivity index (χ0n) is 13.6. The molecule has 24 heavy (non-hydrogen) atoms. The van der Waals surface area contributed by atoms with Crippen molar-refractivity contribution in [1.29, 1.82) is 0 Å². The molecule has 2 aromatic rings. The first-order valence-corrected chi connectivity index (χ1v) is 9.59. The van der Waals surface area contributed by atoms with Gasteiger partial charge in [0.15, 0.2) is 5.13 Å². The average molecular weight is 347 g/mol. The molecule has 1 aromatic carbocycles. The van der Waals surface area contributed by atoms with Crippen molar-refractivity contribution in [2.45, 2.75) is 44.6 Å². The van der Waals surface area contributed by atoms with Crippen LogP contribution in [0, 0.1) is 11.7 Å². The molecule has 4 rings (SSSR count). The Hall–Kier alpha value is -1.69. The summed E-state index contributed by atoms with van der Waals surface area (Å²) in [6.45, 7) is 1.84. The summed E-state index contributed by atoms with van der Waals surface area (Å²) in [6, 6.07) is 5.18. The summed E-state index contributed by atoms with van der Waals surface area (Å²) in [7, 11) is 0. The maximum atomic E-state index is 13.3. The van der Waals surface area contributed by atoms with Crippen LogP contribution in [-0.4, -0.2) is 30.0 Å². The van der Waals surface area contributed by atoms with Gasteiger partial charge in [-0.3, -0.25) is 4.79 Å². The van der Waals surface area contributed by atoms with Crippen molar-refractivity contribution in [1.82, 2.24) is 10.3 Å². The van der Waals surface area contributed by atoms with Crippen LogP contribution in [0.5, 0.6) is 0 Å². The van der Waals surface area contributed by atoms with Gasteiger partial charge in [0, 0.05) is 25.6 Å². The van der Waals surface area contributed by atoms with Gasteiger partial charge >= 0.3 is 0 Å². The number of piperidine rings is 1. The van der Waals surface area contributed by atoms with Crippen LogP contribution in [-0.2, 0) is 4.79 Å². The Balaban J connectivity index is 1.32. The van der Waals surface area contributed by atoms with Gasteiger partial charge in [-0.05, 0) is 56.2 Å². The molecule has 1 saturated heterocycles. The maximum Gasteiger partial charge on any atom is 0.220 e. The van der Waals surface area contributed by atoms with Gasteiger partial charge in [0.25, 0.3) is 0 Å². The minimum Gasteiger partial charge on any atom is -0.353 e. The number of nitrogens with one attached hydrogen (secondary N) is 1. The van der Waals surface area contributed by atoms with E-state index in [9.17, 15) is 9.18 Å². The summed E-state index contributed by atoms with van der Waals surface area (Å²) < 4.78 is 14.2. The predicted octanol–water partition coefficient (Wildman–Crippen LogP) is 3.71. The molecular weight excluding hydrogens is 325 g/mol. The Kier molecular flexibility index (Phi) is 4.39. The zero-order chi connectivity index (χ0) is 16.5. The van der Waals surface area contributed by atoms with Crippen molar-refractivity contribution in [3.8, 4) is 0 Å².